The molecule has 0 saturated carbocycles. The molecule has 0 aliphatic carbocycles. The van der Waals surface area contributed by atoms with Crippen LogP contribution in [0.3, 0.4) is 0 Å². The number of benzene rings is 2. The fraction of sp³-hybridized carbons (Fsp3) is 0.105. The Morgan fingerprint density at radius 3 is 2.54 bits per heavy atom. The summed E-state index contributed by atoms with van der Waals surface area (Å²) in [5.41, 5.74) is 1.94. The van der Waals surface area contributed by atoms with Gasteiger partial charge in [0.25, 0.3) is 0 Å². The molecule has 1 aromatic heterocycles. The second-order valence-corrected chi connectivity index (χ2v) is 5.64. The lowest BCUT2D eigenvalue weighted by Gasteiger charge is -2.07. The molecule has 0 bridgehead atoms. The third kappa shape index (κ3) is 4.13. The summed E-state index contributed by atoms with van der Waals surface area (Å²) in [6, 6.07) is 14.1. The summed E-state index contributed by atoms with van der Waals surface area (Å²) in [5, 5.41) is 16.1. The van der Waals surface area contributed by atoms with Crippen molar-refractivity contribution in [3.05, 3.63) is 83.4 Å². The van der Waals surface area contributed by atoms with E-state index in [4.69, 9.17) is 5.11 Å². The summed E-state index contributed by atoms with van der Waals surface area (Å²) in [6.45, 7) is 0.125. The van der Waals surface area contributed by atoms with E-state index in [1.165, 1.54) is 18.2 Å². The van der Waals surface area contributed by atoms with E-state index >= 15 is 0 Å². The summed E-state index contributed by atoms with van der Waals surface area (Å²) in [6.07, 6.45) is 1.75. The highest BCUT2D eigenvalue weighted by molar-refractivity contribution is 5.89. The van der Waals surface area contributed by atoms with Gasteiger partial charge in [0.1, 0.15) is 5.82 Å². The Bertz CT molecular complexity index is 935. The van der Waals surface area contributed by atoms with Crippen LogP contribution in [0.4, 0.5) is 4.39 Å². The van der Waals surface area contributed by atoms with Gasteiger partial charge in [0, 0.05) is 12.7 Å². The van der Waals surface area contributed by atoms with Gasteiger partial charge >= 0.3 is 5.97 Å². The van der Waals surface area contributed by atoms with E-state index in [0.717, 1.165) is 0 Å². The average Bonchev–Trinajstić information content (AvgIpc) is 3.09. The van der Waals surface area contributed by atoms with E-state index in [-0.39, 0.29) is 30.3 Å². The zero-order chi connectivity index (χ0) is 18.5. The Hall–Kier alpha value is -3.48. The van der Waals surface area contributed by atoms with Gasteiger partial charge in [0.2, 0.25) is 5.91 Å². The normalized spacial score (nSPS) is 10.5. The molecule has 0 saturated heterocycles. The lowest BCUT2D eigenvalue weighted by atomic mass is 10.1. The molecule has 132 valence electrons. The Morgan fingerprint density at radius 2 is 1.81 bits per heavy atom. The third-order valence-corrected chi connectivity index (χ3v) is 3.80. The molecule has 2 N–H and O–H groups in total. The molecule has 3 rings (SSSR count). The Balaban J connectivity index is 1.61. The smallest absolute Gasteiger partial charge is 0.336 e. The Kier molecular flexibility index (Phi) is 5.07. The van der Waals surface area contributed by atoms with Gasteiger partial charge < -0.3 is 10.4 Å². The zero-order valence-electron chi connectivity index (χ0n) is 13.7. The molecular formula is C19H16FN3O3. The number of halogens is 1. The van der Waals surface area contributed by atoms with Gasteiger partial charge in [-0.15, -0.1) is 0 Å². The van der Waals surface area contributed by atoms with Crippen LogP contribution in [0.2, 0.25) is 0 Å². The van der Waals surface area contributed by atoms with E-state index in [9.17, 15) is 14.0 Å². The number of rotatable bonds is 6. The second-order valence-electron chi connectivity index (χ2n) is 5.64. The number of aromatic carboxylic acids is 1. The van der Waals surface area contributed by atoms with Crippen molar-refractivity contribution >= 4 is 11.9 Å². The maximum absolute atomic E-state index is 13.0. The van der Waals surface area contributed by atoms with Crippen molar-refractivity contribution in [3.8, 4) is 5.69 Å². The van der Waals surface area contributed by atoms with Crippen LogP contribution >= 0.6 is 0 Å². The van der Waals surface area contributed by atoms with Crippen LogP contribution in [0.1, 0.15) is 21.6 Å². The Morgan fingerprint density at radius 1 is 1.08 bits per heavy atom. The second kappa shape index (κ2) is 7.60. The fourth-order valence-electron chi connectivity index (χ4n) is 2.50. The van der Waals surface area contributed by atoms with E-state index < -0.39 is 5.97 Å². The van der Waals surface area contributed by atoms with E-state index in [2.05, 4.69) is 10.4 Å². The number of carbonyl (C=O) groups excluding carboxylic acids is 1. The predicted octanol–water partition coefficient (Wildman–Crippen LogP) is 2.57. The largest absolute Gasteiger partial charge is 0.478 e. The molecule has 0 aliphatic heterocycles. The highest BCUT2D eigenvalue weighted by Gasteiger charge is 2.11. The van der Waals surface area contributed by atoms with Crippen molar-refractivity contribution < 1.29 is 19.1 Å². The van der Waals surface area contributed by atoms with Crippen LogP contribution in [0.15, 0.2) is 60.8 Å². The average molecular weight is 353 g/mol. The first kappa shape index (κ1) is 17.3. The monoisotopic (exact) mass is 353 g/mol. The SMILES string of the molecule is O=C(Cc1ccn(-c2ccc(F)cc2)n1)NCc1ccccc1C(=O)O. The predicted molar refractivity (Wildman–Crippen MR) is 92.5 cm³/mol. The fourth-order valence-corrected chi connectivity index (χ4v) is 2.50. The molecule has 2 aromatic carbocycles. The van der Waals surface area contributed by atoms with Crippen LogP contribution in [-0.4, -0.2) is 26.8 Å². The van der Waals surface area contributed by atoms with Crippen LogP contribution in [0, 0.1) is 5.82 Å². The number of carbonyl (C=O) groups is 2. The molecule has 0 unspecified atom stereocenters. The zero-order valence-corrected chi connectivity index (χ0v) is 13.7. The summed E-state index contributed by atoms with van der Waals surface area (Å²) in [4.78, 5) is 23.3. The summed E-state index contributed by atoms with van der Waals surface area (Å²) < 4.78 is 14.5. The van der Waals surface area contributed by atoms with Gasteiger partial charge in [-0.1, -0.05) is 18.2 Å². The van der Waals surface area contributed by atoms with Gasteiger partial charge in [-0.2, -0.15) is 5.10 Å². The van der Waals surface area contributed by atoms with Crippen molar-refractivity contribution in [3.63, 3.8) is 0 Å². The maximum atomic E-state index is 13.0. The number of hydrogen-bond donors (Lipinski definition) is 2. The lowest BCUT2D eigenvalue weighted by molar-refractivity contribution is -0.120. The third-order valence-electron chi connectivity index (χ3n) is 3.80. The number of nitrogens with zero attached hydrogens (tertiary/aromatic N) is 2. The number of aromatic nitrogens is 2. The molecule has 0 fully saturated rings. The maximum Gasteiger partial charge on any atom is 0.336 e. The van der Waals surface area contributed by atoms with Gasteiger partial charge in [0.15, 0.2) is 0 Å². The molecule has 1 amide bonds. The van der Waals surface area contributed by atoms with Crippen LogP contribution < -0.4 is 5.32 Å². The standard InChI is InChI=1S/C19H16FN3O3/c20-14-5-7-16(8-6-14)23-10-9-15(22-23)11-18(24)21-12-13-3-1-2-4-17(13)19(25)26/h1-10H,11-12H2,(H,21,24)(H,25,26). The van der Waals surface area contributed by atoms with Crippen molar-refractivity contribution in [2.24, 2.45) is 0 Å². The van der Waals surface area contributed by atoms with E-state index in [1.54, 1.807) is 47.3 Å². The molecule has 0 atom stereocenters. The van der Waals surface area contributed by atoms with Gasteiger partial charge in [-0.3, -0.25) is 4.79 Å². The molecular weight excluding hydrogens is 337 g/mol. The number of hydrogen-bond acceptors (Lipinski definition) is 3. The first-order chi connectivity index (χ1) is 12.5. The highest BCUT2D eigenvalue weighted by Crippen LogP contribution is 2.10. The van der Waals surface area contributed by atoms with Crippen molar-refractivity contribution in [1.82, 2.24) is 15.1 Å². The summed E-state index contributed by atoms with van der Waals surface area (Å²) in [7, 11) is 0. The number of nitrogens with one attached hydrogen (secondary N) is 1. The van der Waals surface area contributed by atoms with Crippen molar-refractivity contribution in [1.29, 1.82) is 0 Å². The van der Waals surface area contributed by atoms with Gasteiger partial charge in [-0.25, -0.2) is 13.9 Å². The quantitative estimate of drug-likeness (QED) is 0.713. The van der Waals surface area contributed by atoms with Gasteiger partial charge in [0.05, 0.1) is 23.4 Å². The van der Waals surface area contributed by atoms with Crippen molar-refractivity contribution in [2.75, 3.05) is 0 Å². The van der Waals surface area contributed by atoms with Crippen LogP contribution in [0.5, 0.6) is 0 Å². The Labute approximate surface area is 148 Å². The number of carboxylic acid groups (broad SMARTS) is 1. The molecule has 7 heteroatoms. The molecule has 0 spiro atoms. The minimum absolute atomic E-state index is 0.0590. The molecule has 3 aromatic rings. The van der Waals surface area contributed by atoms with Crippen molar-refractivity contribution in [2.45, 2.75) is 13.0 Å². The van der Waals surface area contributed by atoms with Gasteiger partial charge in [-0.05, 0) is 42.0 Å². The van der Waals surface area contributed by atoms with Crippen LogP contribution in [0.25, 0.3) is 5.69 Å². The topological polar surface area (TPSA) is 84.2 Å². The molecule has 6 nitrogen and oxygen atoms in total. The molecule has 0 radical (unpaired) electrons. The van der Waals surface area contributed by atoms with Crippen LogP contribution in [-0.2, 0) is 17.8 Å². The first-order valence-electron chi connectivity index (χ1n) is 7.91. The lowest BCUT2D eigenvalue weighted by Crippen LogP contribution is -2.25. The van der Waals surface area contributed by atoms with E-state index in [0.29, 0.717) is 16.9 Å². The molecule has 26 heavy (non-hydrogen) atoms. The first-order valence-corrected chi connectivity index (χ1v) is 7.91. The minimum Gasteiger partial charge on any atom is -0.478 e. The summed E-state index contributed by atoms with van der Waals surface area (Å²) >= 11 is 0. The summed E-state index contributed by atoms with van der Waals surface area (Å²) in [5.74, 6) is -1.63. The minimum atomic E-state index is -1.03. The molecule has 0 aliphatic rings. The number of carboxylic acids is 1. The van der Waals surface area contributed by atoms with E-state index in [1.807, 2.05) is 0 Å². The number of amides is 1. The molecule has 1 heterocycles. The highest BCUT2D eigenvalue weighted by atomic mass is 19.1.